The van der Waals surface area contributed by atoms with Gasteiger partial charge in [-0.3, -0.25) is 0 Å². The number of allylic oxidation sites excluding steroid dienone is 3. The number of rotatable bonds is 5. The van der Waals surface area contributed by atoms with Crippen LogP contribution in [0, 0.1) is 20.8 Å². The van der Waals surface area contributed by atoms with Crippen molar-refractivity contribution in [2.24, 2.45) is 11.5 Å². The molecule has 0 aliphatic rings. The molecule has 0 fully saturated rings. The van der Waals surface area contributed by atoms with Crippen molar-refractivity contribution >= 4 is 5.57 Å². The van der Waals surface area contributed by atoms with Crippen LogP contribution in [-0.4, -0.2) is 6.54 Å². The fraction of sp³-hybridized carbons (Fsp3) is 0.444. The maximum Gasteiger partial charge on any atom is 0.00846 e. The van der Waals surface area contributed by atoms with Crippen LogP contribution < -0.4 is 11.5 Å². The predicted molar refractivity (Wildman–Crippen MR) is 89.6 cm³/mol. The van der Waals surface area contributed by atoms with E-state index in [0.717, 1.165) is 36.2 Å². The molecule has 0 aliphatic carbocycles. The summed E-state index contributed by atoms with van der Waals surface area (Å²) in [6, 6.07) is 2.23. The average Bonchev–Trinajstić information content (AvgIpc) is 2.41. The van der Waals surface area contributed by atoms with Crippen molar-refractivity contribution in [2.45, 2.75) is 47.5 Å². The maximum absolute atomic E-state index is 5.91. The van der Waals surface area contributed by atoms with Crippen LogP contribution in [-0.2, 0) is 6.42 Å². The minimum absolute atomic E-state index is 0.726. The van der Waals surface area contributed by atoms with E-state index in [1.54, 1.807) is 0 Å². The summed E-state index contributed by atoms with van der Waals surface area (Å²) >= 11 is 0. The molecule has 2 heteroatoms. The molecule has 110 valence electrons. The van der Waals surface area contributed by atoms with E-state index in [0.29, 0.717) is 0 Å². The third kappa shape index (κ3) is 3.31. The first-order valence-electron chi connectivity index (χ1n) is 7.23. The van der Waals surface area contributed by atoms with Gasteiger partial charge in [0, 0.05) is 5.70 Å². The summed E-state index contributed by atoms with van der Waals surface area (Å²) in [6.07, 6.45) is 2.04. The van der Waals surface area contributed by atoms with Crippen LogP contribution >= 0.6 is 0 Å². The molecule has 2 nitrogen and oxygen atoms in total. The number of hydrogen-bond donors (Lipinski definition) is 2. The first kappa shape index (κ1) is 16.5. The van der Waals surface area contributed by atoms with E-state index in [4.69, 9.17) is 11.5 Å². The molecule has 0 heterocycles. The van der Waals surface area contributed by atoms with Crippen LogP contribution in [0.25, 0.3) is 5.57 Å². The molecule has 0 aromatic heterocycles. The van der Waals surface area contributed by atoms with Crippen molar-refractivity contribution in [3.8, 4) is 0 Å². The van der Waals surface area contributed by atoms with Gasteiger partial charge in [0.05, 0.1) is 0 Å². The summed E-state index contributed by atoms with van der Waals surface area (Å²) in [4.78, 5) is 0. The van der Waals surface area contributed by atoms with E-state index in [1.165, 1.54) is 27.8 Å². The first-order chi connectivity index (χ1) is 9.31. The standard InChI is InChI=1S/C18H28N2/c1-11-10-18(14(4)13(3)16(6)20)15(5)17(12(11)2)8-7-9-19/h10H,4,7-9,19-20H2,1-3,5-6H3/b16-13+. The molecule has 0 saturated heterocycles. The highest BCUT2D eigenvalue weighted by Gasteiger charge is 2.13. The van der Waals surface area contributed by atoms with Crippen LogP contribution in [0.3, 0.4) is 0 Å². The zero-order valence-corrected chi connectivity index (χ0v) is 13.6. The Hall–Kier alpha value is -1.54. The fourth-order valence-electron chi connectivity index (χ4n) is 2.52. The average molecular weight is 272 g/mol. The minimum Gasteiger partial charge on any atom is -0.402 e. The van der Waals surface area contributed by atoms with Gasteiger partial charge in [-0.15, -0.1) is 0 Å². The molecule has 0 bridgehead atoms. The Morgan fingerprint density at radius 1 is 1.15 bits per heavy atom. The molecule has 0 amide bonds. The van der Waals surface area contributed by atoms with Crippen LogP contribution in [0.4, 0.5) is 0 Å². The summed E-state index contributed by atoms with van der Waals surface area (Å²) in [5.41, 5.74) is 21.1. The van der Waals surface area contributed by atoms with E-state index in [2.05, 4.69) is 33.4 Å². The van der Waals surface area contributed by atoms with Crippen LogP contribution in [0.5, 0.6) is 0 Å². The summed E-state index contributed by atoms with van der Waals surface area (Å²) in [7, 11) is 0. The molecule has 0 spiro atoms. The molecule has 0 saturated carbocycles. The molecule has 0 atom stereocenters. The van der Waals surface area contributed by atoms with E-state index in [9.17, 15) is 0 Å². The lowest BCUT2D eigenvalue weighted by Crippen LogP contribution is -2.06. The van der Waals surface area contributed by atoms with Crippen molar-refractivity contribution in [2.75, 3.05) is 6.54 Å². The second-order valence-corrected chi connectivity index (χ2v) is 5.65. The monoisotopic (exact) mass is 272 g/mol. The summed E-state index contributed by atoms with van der Waals surface area (Å²) in [6.45, 7) is 15.4. The summed E-state index contributed by atoms with van der Waals surface area (Å²) in [5.74, 6) is 0. The van der Waals surface area contributed by atoms with Crippen molar-refractivity contribution in [1.82, 2.24) is 0 Å². The highest BCUT2D eigenvalue weighted by Crippen LogP contribution is 2.31. The molecule has 1 rings (SSSR count). The fourth-order valence-corrected chi connectivity index (χ4v) is 2.52. The van der Waals surface area contributed by atoms with E-state index in [1.807, 2.05) is 13.8 Å². The van der Waals surface area contributed by atoms with Gasteiger partial charge in [0.2, 0.25) is 0 Å². The quantitative estimate of drug-likeness (QED) is 0.802. The van der Waals surface area contributed by atoms with Gasteiger partial charge in [-0.1, -0.05) is 12.6 Å². The van der Waals surface area contributed by atoms with Crippen LogP contribution in [0.1, 0.15) is 48.1 Å². The number of aryl methyl sites for hydroxylation is 1. The van der Waals surface area contributed by atoms with Gasteiger partial charge in [-0.05, 0) is 93.0 Å². The minimum atomic E-state index is 0.726. The largest absolute Gasteiger partial charge is 0.402 e. The Morgan fingerprint density at radius 2 is 1.75 bits per heavy atom. The van der Waals surface area contributed by atoms with Gasteiger partial charge in [-0.25, -0.2) is 0 Å². The second-order valence-electron chi connectivity index (χ2n) is 5.65. The lowest BCUT2D eigenvalue weighted by Gasteiger charge is -2.19. The van der Waals surface area contributed by atoms with Crippen LogP contribution in [0.15, 0.2) is 23.9 Å². The van der Waals surface area contributed by atoms with Crippen molar-refractivity contribution in [3.05, 3.63) is 51.7 Å². The molecule has 0 unspecified atom stereocenters. The number of hydrogen-bond acceptors (Lipinski definition) is 2. The van der Waals surface area contributed by atoms with Gasteiger partial charge in [0.25, 0.3) is 0 Å². The topological polar surface area (TPSA) is 52.0 Å². The zero-order valence-electron chi connectivity index (χ0n) is 13.6. The van der Waals surface area contributed by atoms with E-state index < -0.39 is 0 Å². The Kier molecular flexibility index (Phi) is 5.58. The van der Waals surface area contributed by atoms with Crippen LogP contribution in [0.2, 0.25) is 0 Å². The zero-order chi connectivity index (χ0) is 15.4. The Bertz CT molecular complexity index is 547. The SMILES string of the molecule is C=C(/C(C)=C(\C)N)c1cc(C)c(C)c(CCCN)c1C. The third-order valence-electron chi connectivity index (χ3n) is 4.26. The van der Waals surface area contributed by atoms with Gasteiger partial charge < -0.3 is 11.5 Å². The molecule has 0 radical (unpaired) electrons. The van der Waals surface area contributed by atoms with Crippen molar-refractivity contribution in [3.63, 3.8) is 0 Å². The van der Waals surface area contributed by atoms with Gasteiger partial charge in [-0.2, -0.15) is 0 Å². The molecular weight excluding hydrogens is 244 g/mol. The van der Waals surface area contributed by atoms with Gasteiger partial charge >= 0.3 is 0 Å². The molecule has 1 aromatic carbocycles. The molecule has 20 heavy (non-hydrogen) atoms. The summed E-state index contributed by atoms with van der Waals surface area (Å²) < 4.78 is 0. The molecule has 4 N–H and O–H groups in total. The highest BCUT2D eigenvalue weighted by atomic mass is 14.6. The van der Waals surface area contributed by atoms with Gasteiger partial charge in [0.1, 0.15) is 0 Å². The maximum atomic E-state index is 5.91. The van der Waals surface area contributed by atoms with Crippen molar-refractivity contribution in [1.29, 1.82) is 0 Å². The summed E-state index contributed by atoms with van der Waals surface area (Å²) in [5, 5.41) is 0. The van der Waals surface area contributed by atoms with Crippen molar-refractivity contribution < 1.29 is 0 Å². The Morgan fingerprint density at radius 3 is 2.25 bits per heavy atom. The highest BCUT2D eigenvalue weighted by molar-refractivity contribution is 5.80. The van der Waals surface area contributed by atoms with E-state index >= 15 is 0 Å². The normalized spacial score (nSPS) is 12.3. The Balaban J connectivity index is 3.39. The van der Waals surface area contributed by atoms with E-state index in [-0.39, 0.29) is 0 Å². The van der Waals surface area contributed by atoms with Gasteiger partial charge in [0.15, 0.2) is 0 Å². The lowest BCUT2D eigenvalue weighted by molar-refractivity contribution is 0.821. The number of benzene rings is 1. The molecular formula is C18H28N2. The lowest BCUT2D eigenvalue weighted by atomic mass is 9.86. The second kappa shape index (κ2) is 6.76. The molecule has 0 aliphatic heterocycles. The third-order valence-corrected chi connectivity index (χ3v) is 4.26. The number of nitrogens with two attached hydrogens (primary N) is 2. The Labute approximate surface area is 123 Å². The molecule has 1 aromatic rings. The smallest absolute Gasteiger partial charge is 0.00846 e. The predicted octanol–water partition coefficient (Wildman–Crippen LogP) is 3.77. The first-order valence-corrected chi connectivity index (χ1v) is 7.23.